The summed E-state index contributed by atoms with van der Waals surface area (Å²) in [6.45, 7) is 10.5. The van der Waals surface area contributed by atoms with Crippen molar-refractivity contribution in [2.45, 2.75) is 33.2 Å². The second-order valence-corrected chi connectivity index (χ2v) is 10.3. The van der Waals surface area contributed by atoms with E-state index in [2.05, 4.69) is 59.6 Å². The molecule has 156 valence electrons. The molecule has 0 saturated carbocycles. The van der Waals surface area contributed by atoms with Gasteiger partial charge in [-0.3, -0.25) is 4.79 Å². The van der Waals surface area contributed by atoms with Crippen LogP contribution in [-0.2, 0) is 16.0 Å². The zero-order valence-corrected chi connectivity index (χ0v) is 17.7. The van der Waals surface area contributed by atoms with Crippen LogP contribution in [-0.4, -0.2) is 54.1 Å². The van der Waals surface area contributed by atoms with Gasteiger partial charge in [-0.15, -0.1) is 0 Å². The number of hydrazine groups is 1. The number of benzene rings is 1. The van der Waals surface area contributed by atoms with Crippen molar-refractivity contribution >= 4 is 23.1 Å². The molecule has 1 aromatic carbocycles. The van der Waals surface area contributed by atoms with E-state index < -0.39 is 0 Å². The molecular formula is C23H27N5O2. The Morgan fingerprint density at radius 1 is 1.23 bits per heavy atom. The highest BCUT2D eigenvalue weighted by Gasteiger charge is 2.52. The van der Waals surface area contributed by atoms with E-state index in [9.17, 15) is 4.79 Å². The lowest BCUT2D eigenvalue weighted by Crippen LogP contribution is -2.69. The Balaban J connectivity index is 1.39. The summed E-state index contributed by atoms with van der Waals surface area (Å²) >= 11 is 0. The van der Waals surface area contributed by atoms with Crippen molar-refractivity contribution in [1.82, 2.24) is 15.3 Å². The molecule has 30 heavy (non-hydrogen) atoms. The lowest BCUT2D eigenvalue weighted by molar-refractivity contribution is -0.173. The van der Waals surface area contributed by atoms with Crippen molar-refractivity contribution in [3.63, 3.8) is 0 Å². The zero-order chi connectivity index (χ0) is 20.7. The van der Waals surface area contributed by atoms with E-state index in [0.717, 1.165) is 54.8 Å². The maximum atomic E-state index is 11.8. The van der Waals surface area contributed by atoms with Crippen LogP contribution in [0, 0.1) is 10.8 Å². The molecular weight excluding hydrogens is 378 g/mol. The van der Waals surface area contributed by atoms with Crippen LogP contribution < -0.4 is 10.7 Å². The molecule has 6 rings (SSSR count). The molecule has 1 unspecified atom stereocenters. The summed E-state index contributed by atoms with van der Waals surface area (Å²) < 4.78 is 5.43. The predicted octanol–water partition coefficient (Wildman–Crippen LogP) is 2.34. The number of anilines is 1. The minimum absolute atomic E-state index is 0.00366. The largest absolute Gasteiger partial charge is 0.380 e. The molecule has 5 aliphatic rings. The number of ether oxygens (including phenoxy) is 1. The minimum Gasteiger partial charge on any atom is -0.380 e. The number of hydrogen-bond donors (Lipinski definition) is 2. The third kappa shape index (κ3) is 2.58. The van der Waals surface area contributed by atoms with Crippen LogP contribution in [0.2, 0.25) is 0 Å². The van der Waals surface area contributed by atoms with E-state index in [1.54, 1.807) is 0 Å². The van der Waals surface area contributed by atoms with Gasteiger partial charge in [0, 0.05) is 30.5 Å². The number of allylic oxidation sites excluding steroid dienone is 1. The highest BCUT2D eigenvalue weighted by Crippen LogP contribution is 2.44. The molecule has 1 aromatic rings. The average molecular weight is 406 g/mol. The lowest BCUT2D eigenvalue weighted by atomic mass is 9.78. The molecule has 5 aliphatic heterocycles. The number of rotatable bonds is 1. The van der Waals surface area contributed by atoms with Gasteiger partial charge in [-0.05, 0) is 34.8 Å². The summed E-state index contributed by atoms with van der Waals surface area (Å²) in [5.41, 5.74) is 9.64. The Labute approximate surface area is 176 Å². The Morgan fingerprint density at radius 3 is 2.73 bits per heavy atom. The van der Waals surface area contributed by atoms with Crippen molar-refractivity contribution < 1.29 is 9.53 Å². The average Bonchev–Trinajstić information content (AvgIpc) is 3.18. The smallest absolute Gasteiger partial charge is 0.228 e. The van der Waals surface area contributed by atoms with Gasteiger partial charge in [0.15, 0.2) is 0 Å². The normalized spacial score (nSPS) is 26.3. The molecule has 2 fully saturated rings. The van der Waals surface area contributed by atoms with Gasteiger partial charge in [-0.25, -0.2) is 15.4 Å². The van der Waals surface area contributed by atoms with Gasteiger partial charge in [-0.2, -0.15) is 0 Å². The Hall–Kier alpha value is -2.64. The summed E-state index contributed by atoms with van der Waals surface area (Å²) in [6.07, 6.45) is 4.45. The van der Waals surface area contributed by atoms with E-state index in [1.807, 2.05) is 12.3 Å². The number of fused-ring (bicyclic) bond motifs is 2. The molecule has 1 spiro atoms. The minimum atomic E-state index is 0.00366. The van der Waals surface area contributed by atoms with E-state index in [-0.39, 0.29) is 17.4 Å². The van der Waals surface area contributed by atoms with Crippen LogP contribution in [0.5, 0.6) is 0 Å². The van der Waals surface area contributed by atoms with Gasteiger partial charge in [-0.1, -0.05) is 26.8 Å². The van der Waals surface area contributed by atoms with Crippen LogP contribution in [0.3, 0.4) is 0 Å². The van der Waals surface area contributed by atoms with E-state index in [0.29, 0.717) is 11.8 Å². The SMILES string of the molecule is CC(C)(C)C1NN2C(N3CC4(COC4)C3)=NC=CC2=C1c1ccc2c(c1)CC(=O)N2. The molecule has 2 N–H and O–H groups in total. The summed E-state index contributed by atoms with van der Waals surface area (Å²) in [5, 5.41) is 5.10. The van der Waals surface area contributed by atoms with Crippen LogP contribution in [0.4, 0.5) is 5.69 Å². The molecule has 7 nitrogen and oxygen atoms in total. The number of nitrogens with one attached hydrogen (secondary N) is 2. The van der Waals surface area contributed by atoms with Crippen LogP contribution in [0.15, 0.2) is 41.2 Å². The lowest BCUT2D eigenvalue weighted by Gasteiger charge is -2.56. The maximum Gasteiger partial charge on any atom is 0.228 e. The van der Waals surface area contributed by atoms with Crippen molar-refractivity contribution in [3.05, 3.63) is 47.3 Å². The number of amides is 1. The van der Waals surface area contributed by atoms with E-state index in [1.165, 1.54) is 5.57 Å². The molecule has 5 heterocycles. The first kappa shape index (κ1) is 18.2. The van der Waals surface area contributed by atoms with Gasteiger partial charge < -0.3 is 15.0 Å². The molecule has 0 aromatic heterocycles. The third-order valence-corrected chi connectivity index (χ3v) is 6.75. The van der Waals surface area contributed by atoms with Crippen molar-refractivity contribution in [2.24, 2.45) is 15.8 Å². The highest BCUT2D eigenvalue weighted by atomic mass is 16.5. The summed E-state index contributed by atoms with van der Waals surface area (Å²) in [7, 11) is 0. The maximum absolute atomic E-state index is 11.8. The fourth-order valence-electron chi connectivity index (χ4n) is 5.13. The summed E-state index contributed by atoms with van der Waals surface area (Å²) in [4.78, 5) is 18.9. The number of carbonyl (C=O) groups is 1. The standard InChI is InChI=1S/C23H27N5O2/c1-22(2,3)20-19(14-4-5-16-15(8-14)9-18(29)25-16)17-6-7-24-21(28(17)26-20)27-10-23(11-27)12-30-13-23/h4-8,20,26H,9-13H2,1-3H3,(H,25,29). The Bertz CT molecular complexity index is 1040. The Kier molecular flexibility index (Phi) is 3.60. The molecule has 7 heteroatoms. The Morgan fingerprint density at radius 2 is 2.03 bits per heavy atom. The van der Waals surface area contributed by atoms with Gasteiger partial charge in [0.2, 0.25) is 11.9 Å². The second-order valence-electron chi connectivity index (χ2n) is 10.3. The third-order valence-electron chi connectivity index (χ3n) is 6.75. The number of guanidine groups is 1. The molecule has 1 atom stereocenters. The quantitative estimate of drug-likeness (QED) is 0.751. The first-order valence-electron chi connectivity index (χ1n) is 10.6. The van der Waals surface area contributed by atoms with Crippen molar-refractivity contribution in [2.75, 3.05) is 31.6 Å². The van der Waals surface area contributed by atoms with E-state index in [4.69, 9.17) is 9.73 Å². The zero-order valence-electron chi connectivity index (χ0n) is 17.7. The molecule has 0 bridgehead atoms. The summed E-state index contributed by atoms with van der Waals surface area (Å²) in [6, 6.07) is 6.46. The second kappa shape index (κ2) is 5.95. The van der Waals surface area contributed by atoms with Gasteiger partial charge in [0.25, 0.3) is 0 Å². The number of likely N-dealkylation sites (tertiary alicyclic amines) is 1. The van der Waals surface area contributed by atoms with Gasteiger partial charge >= 0.3 is 0 Å². The number of hydrogen-bond acceptors (Lipinski definition) is 6. The topological polar surface area (TPSA) is 69.2 Å². The van der Waals surface area contributed by atoms with Crippen molar-refractivity contribution in [1.29, 1.82) is 0 Å². The number of aliphatic imine (C=N–C) groups is 1. The highest BCUT2D eigenvalue weighted by molar-refractivity contribution is 6.00. The monoisotopic (exact) mass is 405 g/mol. The van der Waals surface area contributed by atoms with E-state index >= 15 is 0 Å². The fourth-order valence-corrected chi connectivity index (χ4v) is 5.13. The first-order valence-corrected chi connectivity index (χ1v) is 10.6. The first-order chi connectivity index (χ1) is 14.3. The fraction of sp³-hybridized carbons (Fsp3) is 0.478. The summed E-state index contributed by atoms with van der Waals surface area (Å²) in [5.74, 6) is 1.03. The molecule has 0 radical (unpaired) electrons. The number of carbonyl (C=O) groups excluding carboxylic acids is 1. The van der Waals surface area contributed by atoms with Gasteiger partial charge in [0.05, 0.1) is 36.8 Å². The van der Waals surface area contributed by atoms with Crippen LogP contribution >= 0.6 is 0 Å². The van der Waals surface area contributed by atoms with Gasteiger partial charge in [0.1, 0.15) is 0 Å². The number of nitrogens with zero attached hydrogens (tertiary/aromatic N) is 3. The molecule has 2 saturated heterocycles. The molecule has 1 amide bonds. The predicted molar refractivity (Wildman–Crippen MR) is 115 cm³/mol. The van der Waals surface area contributed by atoms with Crippen LogP contribution in [0.1, 0.15) is 31.9 Å². The van der Waals surface area contributed by atoms with Crippen molar-refractivity contribution in [3.8, 4) is 0 Å². The van der Waals surface area contributed by atoms with Crippen LogP contribution in [0.25, 0.3) is 5.57 Å². The molecule has 0 aliphatic carbocycles.